The summed E-state index contributed by atoms with van der Waals surface area (Å²) in [6.45, 7) is 1.55. The van der Waals surface area contributed by atoms with Crippen LogP contribution in [0.5, 0.6) is 0 Å². The molecule has 2 nitrogen and oxygen atoms in total. The van der Waals surface area contributed by atoms with Gasteiger partial charge >= 0.3 is 6.18 Å². The summed E-state index contributed by atoms with van der Waals surface area (Å²) in [5.41, 5.74) is -0.273. The van der Waals surface area contributed by atoms with Gasteiger partial charge in [-0.25, -0.2) is 0 Å². The summed E-state index contributed by atoms with van der Waals surface area (Å²) >= 11 is 0. The molecule has 2 rings (SSSR count). The van der Waals surface area contributed by atoms with Gasteiger partial charge in [-0.3, -0.25) is 0 Å². The van der Waals surface area contributed by atoms with E-state index in [1.807, 2.05) is 0 Å². The summed E-state index contributed by atoms with van der Waals surface area (Å²) < 4.78 is 43.6. The number of hydrogen-bond donors (Lipinski definition) is 1. The first kappa shape index (κ1) is 13.4. The molecule has 1 aliphatic rings. The Morgan fingerprint density at radius 1 is 1.28 bits per heavy atom. The molecule has 0 radical (unpaired) electrons. The molecule has 0 spiro atoms. The maximum atomic E-state index is 12.8. The molecule has 1 N–H and O–H groups in total. The molecule has 1 aromatic rings. The van der Waals surface area contributed by atoms with Crippen molar-refractivity contribution in [2.45, 2.75) is 31.6 Å². The predicted octanol–water partition coefficient (Wildman–Crippen LogP) is 2.97. The van der Waals surface area contributed by atoms with Crippen LogP contribution >= 0.6 is 0 Å². The summed E-state index contributed by atoms with van der Waals surface area (Å²) in [4.78, 5) is 0. The second-order valence-corrected chi connectivity index (χ2v) is 4.45. The molecule has 1 heterocycles. The molecule has 5 heteroatoms. The lowest BCUT2D eigenvalue weighted by atomic mass is 10.1. The standard InChI is InChI=1S/C13H16F3NO/c14-13(15,16)12-6-2-1-4-10(12)8-17-11-5-3-7-18-9-11/h1-2,4,6,11,17H,3,5,7-9H2/t11-/m0/s1. The average molecular weight is 259 g/mol. The van der Waals surface area contributed by atoms with E-state index in [1.165, 1.54) is 12.1 Å². The quantitative estimate of drug-likeness (QED) is 0.901. The van der Waals surface area contributed by atoms with Crippen LogP contribution in [0.4, 0.5) is 13.2 Å². The maximum Gasteiger partial charge on any atom is 0.416 e. The molecule has 0 bridgehead atoms. The third kappa shape index (κ3) is 3.46. The summed E-state index contributed by atoms with van der Waals surface area (Å²) in [5, 5.41) is 3.13. The normalized spacial score (nSPS) is 20.9. The Balaban J connectivity index is 2.00. The third-order valence-electron chi connectivity index (χ3n) is 3.06. The fourth-order valence-corrected chi connectivity index (χ4v) is 2.11. The van der Waals surface area contributed by atoms with E-state index in [-0.39, 0.29) is 18.2 Å². The van der Waals surface area contributed by atoms with E-state index in [2.05, 4.69) is 5.32 Å². The van der Waals surface area contributed by atoms with E-state index in [0.29, 0.717) is 6.61 Å². The van der Waals surface area contributed by atoms with Gasteiger partial charge < -0.3 is 10.1 Å². The highest BCUT2D eigenvalue weighted by Crippen LogP contribution is 2.31. The zero-order valence-corrected chi connectivity index (χ0v) is 9.96. The molecular formula is C13H16F3NO. The Bertz CT molecular complexity index is 386. The zero-order valence-electron chi connectivity index (χ0n) is 9.96. The lowest BCUT2D eigenvalue weighted by molar-refractivity contribution is -0.138. The number of alkyl halides is 3. The van der Waals surface area contributed by atoms with Crippen molar-refractivity contribution >= 4 is 0 Å². The second-order valence-electron chi connectivity index (χ2n) is 4.45. The van der Waals surface area contributed by atoms with Gasteiger partial charge in [0.1, 0.15) is 0 Å². The minimum atomic E-state index is -4.29. The summed E-state index contributed by atoms with van der Waals surface area (Å²) in [6.07, 6.45) is -2.38. The first-order valence-corrected chi connectivity index (χ1v) is 6.03. The van der Waals surface area contributed by atoms with Crippen molar-refractivity contribution in [3.8, 4) is 0 Å². The van der Waals surface area contributed by atoms with Crippen LogP contribution in [0.1, 0.15) is 24.0 Å². The summed E-state index contributed by atoms with van der Waals surface area (Å²) in [7, 11) is 0. The van der Waals surface area contributed by atoms with Crippen molar-refractivity contribution in [1.82, 2.24) is 5.32 Å². The summed E-state index contributed by atoms with van der Waals surface area (Å²) in [6, 6.07) is 5.83. The molecule has 1 saturated heterocycles. The van der Waals surface area contributed by atoms with Crippen molar-refractivity contribution in [2.75, 3.05) is 13.2 Å². The molecule has 18 heavy (non-hydrogen) atoms. The highest BCUT2D eigenvalue weighted by Gasteiger charge is 2.32. The van der Waals surface area contributed by atoms with Gasteiger partial charge in [-0.05, 0) is 24.5 Å². The topological polar surface area (TPSA) is 21.3 Å². The van der Waals surface area contributed by atoms with Gasteiger partial charge in [0.2, 0.25) is 0 Å². The zero-order chi connectivity index (χ0) is 13.0. The van der Waals surface area contributed by atoms with E-state index in [0.717, 1.165) is 25.5 Å². The number of halogens is 3. The molecule has 0 aromatic heterocycles. The fourth-order valence-electron chi connectivity index (χ4n) is 2.11. The Labute approximate surface area is 104 Å². The van der Waals surface area contributed by atoms with E-state index in [1.54, 1.807) is 6.07 Å². The van der Waals surface area contributed by atoms with Crippen molar-refractivity contribution in [3.05, 3.63) is 35.4 Å². The molecule has 1 aromatic carbocycles. The van der Waals surface area contributed by atoms with Crippen molar-refractivity contribution in [1.29, 1.82) is 0 Å². The molecule has 1 atom stereocenters. The van der Waals surface area contributed by atoms with Gasteiger partial charge in [0.15, 0.2) is 0 Å². The Kier molecular flexibility index (Phi) is 4.24. The van der Waals surface area contributed by atoms with Crippen molar-refractivity contribution < 1.29 is 17.9 Å². The van der Waals surface area contributed by atoms with E-state index < -0.39 is 11.7 Å². The molecule has 0 aliphatic carbocycles. The van der Waals surface area contributed by atoms with E-state index >= 15 is 0 Å². The van der Waals surface area contributed by atoms with E-state index in [4.69, 9.17) is 4.74 Å². The smallest absolute Gasteiger partial charge is 0.380 e. The third-order valence-corrected chi connectivity index (χ3v) is 3.06. The molecular weight excluding hydrogens is 243 g/mol. The van der Waals surface area contributed by atoms with Gasteiger partial charge in [0.25, 0.3) is 0 Å². The maximum absolute atomic E-state index is 12.8. The predicted molar refractivity (Wildman–Crippen MR) is 62.1 cm³/mol. The molecule has 100 valence electrons. The molecule has 1 aliphatic heterocycles. The highest BCUT2D eigenvalue weighted by molar-refractivity contribution is 5.29. The molecule has 0 saturated carbocycles. The van der Waals surface area contributed by atoms with Crippen LogP contribution in [-0.4, -0.2) is 19.3 Å². The van der Waals surface area contributed by atoms with Crippen molar-refractivity contribution in [3.63, 3.8) is 0 Å². The number of ether oxygens (including phenoxy) is 1. The van der Waals surface area contributed by atoms with Crippen LogP contribution < -0.4 is 5.32 Å². The number of nitrogens with one attached hydrogen (secondary N) is 1. The van der Waals surface area contributed by atoms with Gasteiger partial charge in [-0.2, -0.15) is 13.2 Å². The molecule has 0 unspecified atom stereocenters. The second kappa shape index (κ2) is 5.71. The Morgan fingerprint density at radius 2 is 2.06 bits per heavy atom. The van der Waals surface area contributed by atoms with Gasteiger partial charge in [-0.1, -0.05) is 18.2 Å². The van der Waals surface area contributed by atoms with Gasteiger partial charge in [-0.15, -0.1) is 0 Å². The largest absolute Gasteiger partial charge is 0.416 e. The lowest BCUT2D eigenvalue weighted by Crippen LogP contribution is -2.36. The average Bonchev–Trinajstić information content (AvgIpc) is 2.37. The minimum Gasteiger partial charge on any atom is -0.380 e. The molecule has 0 amide bonds. The number of rotatable bonds is 3. The van der Waals surface area contributed by atoms with Gasteiger partial charge in [0, 0.05) is 19.2 Å². The van der Waals surface area contributed by atoms with Crippen LogP contribution in [0.15, 0.2) is 24.3 Å². The number of benzene rings is 1. The van der Waals surface area contributed by atoms with Crippen LogP contribution in [0, 0.1) is 0 Å². The van der Waals surface area contributed by atoms with Crippen LogP contribution in [-0.2, 0) is 17.5 Å². The highest BCUT2D eigenvalue weighted by atomic mass is 19.4. The minimum absolute atomic E-state index is 0.153. The van der Waals surface area contributed by atoms with Gasteiger partial charge in [0.05, 0.1) is 12.2 Å². The first-order chi connectivity index (χ1) is 8.57. The fraction of sp³-hybridized carbons (Fsp3) is 0.538. The lowest BCUT2D eigenvalue weighted by Gasteiger charge is -2.24. The van der Waals surface area contributed by atoms with E-state index in [9.17, 15) is 13.2 Å². The van der Waals surface area contributed by atoms with Crippen LogP contribution in [0.2, 0.25) is 0 Å². The Morgan fingerprint density at radius 3 is 2.72 bits per heavy atom. The Hall–Kier alpha value is -1.07. The number of hydrogen-bond acceptors (Lipinski definition) is 2. The van der Waals surface area contributed by atoms with Crippen LogP contribution in [0.25, 0.3) is 0 Å². The van der Waals surface area contributed by atoms with Crippen LogP contribution in [0.3, 0.4) is 0 Å². The monoisotopic (exact) mass is 259 g/mol. The SMILES string of the molecule is FC(F)(F)c1ccccc1CN[C@H]1CCCOC1. The van der Waals surface area contributed by atoms with Crippen molar-refractivity contribution in [2.24, 2.45) is 0 Å². The summed E-state index contributed by atoms with van der Waals surface area (Å²) in [5.74, 6) is 0. The first-order valence-electron chi connectivity index (χ1n) is 6.03. The molecule has 1 fully saturated rings.